The van der Waals surface area contributed by atoms with Crippen LogP contribution in [0.15, 0.2) is 34.2 Å². The topological polar surface area (TPSA) is 49.3 Å². The lowest BCUT2D eigenvalue weighted by molar-refractivity contribution is 0.626. The van der Waals surface area contributed by atoms with Crippen LogP contribution in [0.1, 0.15) is 15.6 Å². The molecule has 2 rings (SSSR count). The molecule has 2 aromatic rings. The average Bonchev–Trinajstić information content (AvgIpc) is 2.86. The molecule has 0 radical (unpaired) electrons. The second-order valence-corrected chi connectivity index (χ2v) is 7.35. The van der Waals surface area contributed by atoms with E-state index in [1.54, 1.807) is 42.3 Å². The number of aromatic nitrogens is 1. The van der Waals surface area contributed by atoms with Crippen molar-refractivity contribution in [3.8, 4) is 0 Å². The molecule has 0 saturated carbocycles. The Morgan fingerprint density at radius 1 is 1.25 bits per heavy atom. The summed E-state index contributed by atoms with van der Waals surface area (Å²) in [6.07, 6.45) is 0. The van der Waals surface area contributed by atoms with Crippen LogP contribution in [0.2, 0.25) is 0 Å². The zero-order valence-electron chi connectivity index (χ0n) is 13.9. The number of hydrogen-bond acceptors (Lipinski definition) is 4. The predicted molar refractivity (Wildman–Crippen MR) is 112 cm³/mol. The quantitative estimate of drug-likeness (QED) is 0.216. The Kier molecular flexibility index (Phi) is 9.60. The van der Waals surface area contributed by atoms with Crippen molar-refractivity contribution in [1.82, 2.24) is 15.6 Å². The van der Waals surface area contributed by atoms with Crippen LogP contribution in [-0.2, 0) is 6.54 Å². The fourth-order valence-corrected chi connectivity index (χ4v) is 3.64. The number of aryl methyl sites for hydroxylation is 2. The van der Waals surface area contributed by atoms with Gasteiger partial charge in [0.05, 0.1) is 17.2 Å². The number of benzene rings is 1. The van der Waals surface area contributed by atoms with Gasteiger partial charge in [0.25, 0.3) is 0 Å². The second-order valence-electron chi connectivity index (χ2n) is 4.90. The van der Waals surface area contributed by atoms with Crippen LogP contribution < -0.4 is 10.6 Å². The maximum Gasteiger partial charge on any atom is 0.191 e. The molecule has 1 aromatic heterocycles. The van der Waals surface area contributed by atoms with E-state index in [1.165, 1.54) is 17.0 Å². The van der Waals surface area contributed by atoms with E-state index >= 15 is 0 Å². The van der Waals surface area contributed by atoms with E-state index in [0.717, 1.165) is 40.4 Å². The molecular weight excluding hydrogens is 458 g/mol. The number of halogens is 2. The van der Waals surface area contributed by atoms with Gasteiger partial charge in [-0.2, -0.15) is 0 Å². The van der Waals surface area contributed by atoms with Crippen molar-refractivity contribution < 1.29 is 4.39 Å². The third-order valence-electron chi connectivity index (χ3n) is 3.12. The van der Waals surface area contributed by atoms with Gasteiger partial charge in [0.2, 0.25) is 0 Å². The largest absolute Gasteiger partial charge is 0.356 e. The minimum absolute atomic E-state index is 0. The lowest BCUT2D eigenvalue weighted by Crippen LogP contribution is -2.37. The number of thioether (sulfide) groups is 1. The van der Waals surface area contributed by atoms with Crippen molar-refractivity contribution in [2.45, 2.75) is 25.3 Å². The van der Waals surface area contributed by atoms with E-state index in [2.05, 4.69) is 20.6 Å². The Morgan fingerprint density at radius 3 is 2.54 bits per heavy atom. The number of thiazole rings is 1. The van der Waals surface area contributed by atoms with Crippen molar-refractivity contribution in [3.63, 3.8) is 0 Å². The highest BCUT2D eigenvalue weighted by Crippen LogP contribution is 2.17. The zero-order valence-corrected chi connectivity index (χ0v) is 17.9. The second kappa shape index (κ2) is 10.9. The summed E-state index contributed by atoms with van der Waals surface area (Å²) in [5.41, 5.74) is 1.07. The number of rotatable bonds is 6. The van der Waals surface area contributed by atoms with E-state index in [1.807, 2.05) is 13.8 Å². The average molecular weight is 480 g/mol. The van der Waals surface area contributed by atoms with Gasteiger partial charge in [-0.3, -0.25) is 4.99 Å². The number of nitrogens with zero attached hydrogens (tertiary/aromatic N) is 2. The molecule has 2 N–H and O–H groups in total. The molecule has 0 unspecified atom stereocenters. The van der Waals surface area contributed by atoms with Crippen LogP contribution in [0.5, 0.6) is 0 Å². The van der Waals surface area contributed by atoms with Crippen molar-refractivity contribution in [2.24, 2.45) is 4.99 Å². The standard InChI is InChI=1S/C16H21FN4S2.HI/c1-11-15(23-12(2)21-11)10-20-16(18-3)19-8-9-22-14-6-4-13(17)5-7-14;/h4-7H,8-10H2,1-3H3,(H2,18,19,20);1H. The first-order chi connectivity index (χ1) is 11.1. The lowest BCUT2D eigenvalue weighted by atomic mass is 10.4. The van der Waals surface area contributed by atoms with E-state index < -0.39 is 0 Å². The minimum atomic E-state index is -0.203. The third kappa shape index (κ3) is 6.94. The minimum Gasteiger partial charge on any atom is -0.356 e. The molecule has 0 saturated heterocycles. The van der Waals surface area contributed by atoms with Crippen LogP contribution >= 0.6 is 47.1 Å². The van der Waals surface area contributed by atoms with E-state index in [-0.39, 0.29) is 29.8 Å². The first-order valence-corrected chi connectivity index (χ1v) is 9.14. The number of nitrogens with one attached hydrogen (secondary N) is 2. The Bertz CT molecular complexity index is 659. The van der Waals surface area contributed by atoms with Crippen molar-refractivity contribution in [2.75, 3.05) is 19.3 Å². The molecule has 0 atom stereocenters. The summed E-state index contributed by atoms with van der Waals surface area (Å²) in [6.45, 7) is 5.54. The van der Waals surface area contributed by atoms with Crippen LogP contribution in [0.25, 0.3) is 0 Å². The summed E-state index contributed by atoms with van der Waals surface area (Å²) in [4.78, 5) is 10.9. The van der Waals surface area contributed by atoms with Gasteiger partial charge in [-0.05, 0) is 38.1 Å². The summed E-state index contributed by atoms with van der Waals surface area (Å²) in [5, 5.41) is 7.65. The van der Waals surface area contributed by atoms with E-state index in [4.69, 9.17) is 0 Å². The molecule has 0 aliphatic carbocycles. The summed E-state index contributed by atoms with van der Waals surface area (Å²) >= 11 is 3.38. The molecule has 1 heterocycles. The smallest absolute Gasteiger partial charge is 0.191 e. The van der Waals surface area contributed by atoms with Gasteiger partial charge in [-0.1, -0.05) is 0 Å². The number of hydrogen-bond donors (Lipinski definition) is 2. The highest BCUT2D eigenvalue weighted by molar-refractivity contribution is 14.0. The summed E-state index contributed by atoms with van der Waals surface area (Å²) < 4.78 is 12.8. The number of aliphatic imine (C=N–C) groups is 1. The van der Waals surface area contributed by atoms with Crippen LogP contribution in [0.3, 0.4) is 0 Å². The van der Waals surface area contributed by atoms with E-state index in [0.29, 0.717) is 0 Å². The van der Waals surface area contributed by atoms with Crippen LogP contribution in [0.4, 0.5) is 4.39 Å². The van der Waals surface area contributed by atoms with Gasteiger partial charge in [-0.25, -0.2) is 9.37 Å². The fourth-order valence-electron chi connectivity index (χ4n) is 1.99. The van der Waals surface area contributed by atoms with Crippen LogP contribution in [0, 0.1) is 19.7 Å². The summed E-state index contributed by atoms with van der Waals surface area (Å²) in [7, 11) is 1.76. The third-order valence-corrected chi connectivity index (χ3v) is 5.20. The van der Waals surface area contributed by atoms with Gasteiger partial charge in [0, 0.05) is 29.1 Å². The molecule has 132 valence electrons. The Morgan fingerprint density at radius 2 is 1.96 bits per heavy atom. The van der Waals surface area contributed by atoms with Gasteiger partial charge in [0.1, 0.15) is 5.82 Å². The molecule has 8 heteroatoms. The maximum absolute atomic E-state index is 12.8. The summed E-state index contributed by atoms with van der Waals surface area (Å²) in [6, 6.07) is 6.55. The Hall–Kier alpha value is -0.870. The molecule has 0 amide bonds. The van der Waals surface area contributed by atoms with Crippen molar-refractivity contribution in [1.29, 1.82) is 0 Å². The van der Waals surface area contributed by atoms with Crippen molar-refractivity contribution in [3.05, 3.63) is 45.7 Å². The summed E-state index contributed by atoms with van der Waals surface area (Å²) in [5.74, 6) is 1.45. The molecule has 0 aliphatic rings. The Labute approximate surface area is 167 Å². The molecule has 0 spiro atoms. The lowest BCUT2D eigenvalue weighted by Gasteiger charge is -2.11. The van der Waals surface area contributed by atoms with Gasteiger partial charge < -0.3 is 10.6 Å². The fraction of sp³-hybridized carbons (Fsp3) is 0.375. The molecule has 24 heavy (non-hydrogen) atoms. The van der Waals surface area contributed by atoms with Gasteiger partial charge in [0.15, 0.2) is 5.96 Å². The van der Waals surface area contributed by atoms with Crippen molar-refractivity contribution >= 4 is 53.0 Å². The first kappa shape index (κ1) is 21.2. The monoisotopic (exact) mass is 480 g/mol. The zero-order chi connectivity index (χ0) is 16.7. The molecule has 0 bridgehead atoms. The molecule has 4 nitrogen and oxygen atoms in total. The molecular formula is C16H22FIN4S2. The highest BCUT2D eigenvalue weighted by Gasteiger charge is 2.05. The predicted octanol–water partition coefficient (Wildman–Crippen LogP) is 3.97. The normalized spacial score (nSPS) is 11.1. The first-order valence-electron chi connectivity index (χ1n) is 7.34. The van der Waals surface area contributed by atoms with Gasteiger partial charge >= 0.3 is 0 Å². The van der Waals surface area contributed by atoms with E-state index in [9.17, 15) is 4.39 Å². The molecule has 0 fully saturated rings. The molecule has 0 aliphatic heterocycles. The highest BCUT2D eigenvalue weighted by atomic mass is 127. The number of guanidine groups is 1. The maximum atomic E-state index is 12.8. The molecule has 1 aromatic carbocycles. The Balaban J connectivity index is 0.00000288. The van der Waals surface area contributed by atoms with Crippen LogP contribution in [-0.4, -0.2) is 30.3 Å². The van der Waals surface area contributed by atoms with Gasteiger partial charge in [-0.15, -0.1) is 47.1 Å². The SMILES string of the molecule is CN=C(NCCSc1ccc(F)cc1)NCc1sc(C)nc1C.I.